The number of carbonyl (C=O) groups excluding carboxylic acids is 1. The lowest BCUT2D eigenvalue weighted by Crippen LogP contribution is -2.19. The first kappa shape index (κ1) is 25.7. The fraction of sp³-hybridized carbons (Fsp3) is 0.200. The zero-order valence-corrected chi connectivity index (χ0v) is 21.6. The summed E-state index contributed by atoms with van der Waals surface area (Å²) in [6, 6.07) is 19.0. The molecular formula is C30H28N6O3. The third-order valence-electron chi connectivity index (χ3n) is 6.36. The molecule has 0 aliphatic rings. The number of ether oxygens (including phenoxy) is 1. The predicted molar refractivity (Wildman–Crippen MR) is 148 cm³/mol. The molecule has 5 rings (SSSR count). The molecule has 3 aromatic carbocycles. The molecular weight excluding hydrogens is 492 g/mol. The van der Waals surface area contributed by atoms with Crippen molar-refractivity contribution < 1.29 is 14.6 Å². The highest BCUT2D eigenvalue weighted by Gasteiger charge is 2.24. The van der Waals surface area contributed by atoms with Crippen molar-refractivity contribution in [3.63, 3.8) is 0 Å². The molecule has 39 heavy (non-hydrogen) atoms. The number of amides is 1. The molecule has 0 aliphatic carbocycles. The number of hydrogen-bond donors (Lipinski definition) is 4. The maximum Gasteiger partial charge on any atom is 0.252 e. The topological polar surface area (TPSA) is 143 Å². The van der Waals surface area contributed by atoms with Crippen LogP contribution in [-0.4, -0.2) is 49.3 Å². The minimum absolute atomic E-state index is 0.157. The van der Waals surface area contributed by atoms with Crippen LogP contribution in [0.1, 0.15) is 52.4 Å². The third kappa shape index (κ3) is 5.66. The Morgan fingerprint density at radius 3 is 2.64 bits per heavy atom. The molecule has 0 aliphatic heterocycles. The van der Waals surface area contributed by atoms with E-state index in [1.807, 2.05) is 74.6 Å². The monoisotopic (exact) mass is 520 g/mol. The molecule has 0 saturated heterocycles. The van der Waals surface area contributed by atoms with Crippen LogP contribution in [0, 0.1) is 11.8 Å². The SMILES string of the molecule is CC(C)Oc1c(C(N)=O)cc(C#Cc2cccc(-c3nn[nH]n3)c2)cc1[C@H](CO)Cc1c[nH]c2ccccc12. The second-order valence-corrected chi connectivity index (χ2v) is 9.48. The fourth-order valence-corrected chi connectivity index (χ4v) is 4.58. The summed E-state index contributed by atoms with van der Waals surface area (Å²) in [5.41, 5.74) is 10.9. The van der Waals surface area contributed by atoms with Gasteiger partial charge in [-0.15, -0.1) is 10.2 Å². The Kier molecular flexibility index (Phi) is 7.39. The molecule has 1 amide bonds. The summed E-state index contributed by atoms with van der Waals surface area (Å²) in [5, 5.41) is 25.7. The van der Waals surface area contributed by atoms with Crippen LogP contribution in [0.3, 0.4) is 0 Å². The Balaban J connectivity index is 1.57. The summed E-state index contributed by atoms with van der Waals surface area (Å²) < 4.78 is 6.11. The third-order valence-corrected chi connectivity index (χ3v) is 6.36. The number of benzene rings is 3. The lowest BCUT2D eigenvalue weighted by Gasteiger charge is -2.23. The Labute approximate surface area is 225 Å². The minimum atomic E-state index is -0.626. The number of tetrazole rings is 1. The number of aliphatic hydroxyl groups is 1. The van der Waals surface area contributed by atoms with Gasteiger partial charge in [-0.3, -0.25) is 4.79 Å². The zero-order valence-electron chi connectivity index (χ0n) is 21.6. The summed E-state index contributed by atoms with van der Waals surface area (Å²) in [5.74, 6) is 6.15. The number of para-hydroxylation sites is 1. The first-order chi connectivity index (χ1) is 18.9. The van der Waals surface area contributed by atoms with E-state index in [9.17, 15) is 9.90 Å². The highest BCUT2D eigenvalue weighted by Crippen LogP contribution is 2.35. The largest absolute Gasteiger partial charge is 0.490 e. The van der Waals surface area contributed by atoms with Gasteiger partial charge in [0.15, 0.2) is 0 Å². The summed E-state index contributed by atoms with van der Waals surface area (Å²) in [6.07, 6.45) is 2.27. The number of aromatic amines is 2. The number of nitrogens with one attached hydrogen (secondary N) is 2. The van der Waals surface area contributed by atoms with Gasteiger partial charge in [-0.05, 0) is 61.4 Å². The Hall–Kier alpha value is -4.94. The van der Waals surface area contributed by atoms with E-state index in [1.165, 1.54) is 0 Å². The number of nitrogens with zero attached hydrogens (tertiary/aromatic N) is 3. The molecule has 196 valence electrons. The average Bonchev–Trinajstić information content (AvgIpc) is 3.62. The van der Waals surface area contributed by atoms with Gasteiger partial charge in [-0.1, -0.05) is 42.2 Å². The highest BCUT2D eigenvalue weighted by atomic mass is 16.5. The second-order valence-electron chi connectivity index (χ2n) is 9.48. The predicted octanol–water partition coefficient (Wildman–Crippen LogP) is 3.95. The molecule has 0 bridgehead atoms. The van der Waals surface area contributed by atoms with Crippen LogP contribution in [0.15, 0.2) is 66.9 Å². The smallest absolute Gasteiger partial charge is 0.252 e. The minimum Gasteiger partial charge on any atom is -0.490 e. The van der Waals surface area contributed by atoms with Crippen molar-refractivity contribution >= 4 is 16.8 Å². The van der Waals surface area contributed by atoms with Crippen molar-refractivity contribution in [3.05, 3.63) is 94.7 Å². The molecule has 0 spiro atoms. The van der Waals surface area contributed by atoms with Crippen LogP contribution < -0.4 is 10.5 Å². The second kappa shape index (κ2) is 11.2. The summed E-state index contributed by atoms with van der Waals surface area (Å²) in [6.45, 7) is 3.61. The van der Waals surface area contributed by atoms with Gasteiger partial charge in [-0.2, -0.15) is 5.21 Å². The van der Waals surface area contributed by atoms with Gasteiger partial charge in [-0.25, -0.2) is 0 Å². The van der Waals surface area contributed by atoms with E-state index in [1.54, 1.807) is 6.07 Å². The normalized spacial score (nSPS) is 11.8. The van der Waals surface area contributed by atoms with Gasteiger partial charge in [0.1, 0.15) is 5.75 Å². The molecule has 0 radical (unpaired) electrons. The molecule has 0 unspecified atom stereocenters. The van der Waals surface area contributed by atoms with Crippen molar-refractivity contribution in [3.8, 4) is 29.0 Å². The van der Waals surface area contributed by atoms with Crippen molar-refractivity contribution in [2.45, 2.75) is 32.3 Å². The molecule has 5 aromatic rings. The van der Waals surface area contributed by atoms with E-state index >= 15 is 0 Å². The Bertz CT molecular complexity index is 1680. The number of nitrogens with two attached hydrogens (primary N) is 1. The van der Waals surface area contributed by atoms with E-state index in [4.69, 9.17) is 10.5 Å². The van der Waals surface area contributed by atoms with Gasteiger partial charge in [0.2, 0.25) is 5.82 Å². The number of aromatic nitrogens is 5. The van der Waals surface area contributed by atoms with Gasteiger partial charge in [0.05, 0.1) is 18.3 Å². The van der Waals surface area contributed by atoms with Crippen molar-refractivity contribution in [2.75, 3.05) is 6.61 Å². The van der Waals surface area contributed by atoms with Crippen LogP contribution in [0.25, 0.3) is 22.3 Å². The fourth-order valence-electron chi connectivity index (χ4n) is 4.58. The lowest BCUT2D eigenvalue weighted by molar-refractivity contribution is 0.0994. The summed E-state index contributed by atoms with van der Waals surface area (Å²) in [7, 11) is 0. The first-order valence-electron chi connectivity index (χ1n) is 12.6. The number of aliphatic hydroxyl groups excluding tert-OH is 1. The highest BCUT2D eigenvalue weighted by molar-refractivity contribution is 5.96. The van der Waals surface area contributed by atoms with Gasteiger partial charge >= 0.3 is 0 Å². The molecule has 2 heterocycles. The Morgan fingerprint density at radius 1 is 1.08 bits per heavy atom. The standard InChI is InChI=1S/C30H28N6O3/c1-18(2)39-28-25(23(17-37)15-22-16-32-27-9-4-3-8-24(22)27)13-20(14-26(28)29(31)38)11-10-19-6-5-7-21(12-19)30-33-35-36-34-30/h3-9,12-14,16,18,23,32,37H,15,17H2,1-2H3,(H2,31,38)(H,33,34,35,36)/t23-/m0/s1. The summed E-state index contributed by atoms with van der Waals surface area (Å²) in [4.78, 5) is 15.9. The molecule has 0 fully saturated rings. The van der Waals surface area contributed by atoms with Crippen molar-refractivity contribution in [1.82, 2.24) is 25.6 Å². The number of rotatable bonds is 8. The maximum absolute atomic E-state index is 12.6. The first-order valence-corrected chi connectivity index (χ1v) is 12.6. The molecule has 2 aromatic heterocycles. The van der Waals surface area contributed by atoms with Crippen LogP contribution in [0.5, 0.6) is 5.75 Å². The average molecular weight is 521 g/mol. The summed E-state index contributed by atoms with van der Waals surface area (Å²) >= 11 is 0. The number of primary amides is 1. The van der Waals surface area contributed by atoms with E-state index in [2.05, 4.69) is 37.4 Å². The zero-order chi connectivity index (χ0) is 27.4. The molecule has 9 heteroatoms. The quantitative estimate of drug-likeness (QED) is 0.228. The van der Waals surface area contributed by atoms with Gasteiger partial charge in [0.25, 0.3) is 5.91 Å². The van der Waals surface area contributed by atoms with Crippen LogP contribution >= 0.6 is 0 Å². The number of H-pyrrole nitrogens is 2. The Morgan fingerprint density at radius 2 is 1.90 bits per heavy atom. The lowest BCUT2D eigenvalue weighted by atomic mass is 9.88. The van der Waals surface area contributed by atoms with Crippen LogP contribution in [0.4, 0.5) is 0 Å². The number of carbonyl (C=O) groups is 1. The molecule has 1 atom stereocenters. The number of fused-ring (bicyclic) bond motifs is 1. The van der Waals surface area contributed by atoms with Gasteiger partial charge < -0.3 is 20.6 Å². The van der Waals surface area contributed by atoms with Crippen LogP contribution in [0.2, 0.25) is 0 Å². The van der Waals surface area contributed by atoms with Crippen molar-refractivity contribution in [2.24, 2.45) is 5.73 Å². The molecule has 5 N–H and O–H groups in total. The van der Waals surface area contributed by atoms with E-state index in [-0.39, 0.29) is 24.2 Å². The van der Waals surface area contributed by atoms with E-state index in [0.717, 1.165) is 27.6 Å². The molecule has 0 saturated carbocycles. The number of hydrogen-bond acceptors (Lipinski definition) is 6. The van der Waals surface area contributed by atoms with Gasteiger partial charge in [0, 0.05) is 45.3 Å². The van der Waals surface area contributed by atoms with Crippen molar-refractivity contribution in [1.29, 1.82) is 0 Å². The maximum atomic E-state index is 12.6. The van der Waals surface area contributed by atoms with Crippen LogP contribution in [-0.2, 0) is 6.42 Å². The van der Waals surface area contributed by atoms with E-state index < -0.39 is 5.91 Å². The van der Waals surface area contributed by atoms with E-state index in [0.29, 0.717) is 29.1 Å². The molecule has 9 nitrogen and oxygen atoms in total.